The fraction of sp³-hybridized carbons (Fsp3) is 0.286. The molecular weight excluding hydrogens is 224 g/mol. The molecule has 1 heterocycles. The van der Waals surface area contributed by atoms with E-state index in [9.17, 15) is 5.26 Å². The van der Waals surface area contributed by atoms with Gasteiger partial charge in [-0.15, -0.1) is 0 Å². The number of nitriles is 1. The van der Waals surface area contributed by atoms with Crippen molar-refractivity contribution in [1.29, 1.82) is 5.26 Å². The molecular formula is C14H16N4. The average molecular weight is 240 g/mol. The van der Waals surface area contributed by atoms with Gasteiger partial charge in [-0.05, 0) is 13.0 Å². The number of aromatic nitrogens is 1. The molecule has 1 aromatic heterocycles. The smallest absolute Gasteiger partial charge is 0.103 e. The molecule has 0 spiro atoms. The van der Waals surface area contributed by atoms with Crippen molar-refractivity contribution in [3.05, 3.63) is 36.0 Å². The maximum Gasteiger partial charge on any atom is 0.103 e. The van der Waals surface area contributed by atoms with Gasteiger partial charge in [0, 0.05) is 31.2 Å². The number of fused-ring (bicyclic) bond motifs is 1. The number of hydrogen-bond acceptors (Lipinski definition) is 4. The molecule has 0 radical (unpaired) electrons. The first-order chi connectivity index (χ1) is 8.81. The number of benzene rings is 1. The number of likely N-dealkylation sites (N-methyl/N-ethyl adjacent to an activating group) is 1. The standard InChI is InChI=1S/C14H16N4/c1-2-18(8-7-15)14-11(9-16)10-17-13-6-4-3-5-12(13)14/h3-6,10H,2,7-8,15H2,1H3. The number of nitrogens with two attached hydrogens (primary N) is 1. The van der Waals surface area contributed by atoms with Crippen molar-refractivity contribution in [1.82, 2.24) is 4.98 Å². The molecule has 0 bridgehead atoms. The van der Waals surface area contributed by atoms with E-state index in [1.807, 2.05) is 24.3 Å². The van der Waals surface area contributed by atoms with Gasteiger partial charge in [0.25, 0.3) is 0 Å². The van der Waals surface area contributed by atoms with E-state index in [-0.39, 0.29) is 0 Å². The lowest BCUT2D eigenvalue weighted by Gasteiger charge is -2.24. The van der Waals surface area contributed by atoms with Crippen molar-refractivity contribution in [2.75, 3.05) is 24.5 Å². The van der Waals surface area contributed by atoms with Crippen LogP contribution in [0.15, 0.2) is 30.5 Å². The van der Waals surface area contributed by atoms with Crippen LogP contribution in [0.25, 0.3) is 10.9 Å². The van der Waals surface area contributed by atoms with Gasteiger partial charge in [0.15, 0.2) is 0 Å². The third-order valence-corrected chi connectivity index (χ3v) is 2.96. The summed E-state index contributed by atoms with van der Waals surface area (Å²) >= 11 is 0. The second-order valence-electron chi connectivity index (χ2n) is 4.02. The molecule has 0 aliphatic heterocycles. The first-order valence-corrected chi connectivity index (χ1v) is 6.04. The van der Waals surface area contributed by atoms with E-state index in [0.717, 1.165) is 29.7 Å². The van der Waals surface area contributed by atoms with Gasteiger partial charge < -0.3 is 10.6 Å². The molecule has 1 aromatic carbocycles. The number of rotatable bonds is 4. The minimum absolute atomic E-state index is 0.565. The van der Waals surface area contributed by atoms with Crippen LogP contribution < -0.4 is 10.6 Å². The van der Waals surface area contributed by atoms with Gasteiger partial charge >= 0.3 is 0 Å². The summed E-state index contributed by atoms with van der Waals surface area (Å²) in [6, 6.07) is 10.1. The summed E-state index contributed by atoms with van der Waals surface area (Å²) in [5.74, 6) is 0. The summed E-state index contributed by atoms with van der Waals surface area (Å²) in [5.41, 5.74) is 8.08. The van der Waals surface area contributed by atoms with Gasteiger partial charge in [-0.25, -0.2) is 0 Å². The quantitative estimate of drug-likeness (QED) is 0.886. The molecule has 0 unspecified atom stereocenters. The molecule has 0 aliphatic rings. The number of anilines is 1. The SMILES string of the molecule is CCN(CCN)c1c(C#N)cnc2ccccc12. The predicted molar refractivity (Wildman–Crippen MR) is 73.4 cm³/mol. The second-order valence-corrected chi connectivity index (χ2v) is 4.02. The molecule has 2 aromatic rings. The Balaban J connectivity index is 2.68. The molecule has 2 rings (SSSR count). The Kier molecular flexibility index (Phi) is 3.75. The van der Waals surface area contributed by atoms with Crippen LogP contribution >= 0.6 is 0 Å². The zero-order valence-electron chi connectivity index (χ0n) is 10.4. The lowest BCUT2D eigenvalue weighted by atomic mass is 10.1. The number of pyridine rings is 1. The van der Waals surface area contributed by atoms with E-state index in [4.69, 9.17) is 5.73 Å². The minimum Gasteiger partial charge on any atom is -0.369 e. The number of para-hydroxylation sites is 1. The fourth-order valence-corrected chi connectivity index (χ4v) is 2.13. The molecule has 2 N–H and O–H groups in total. The van der Waals surface area contributed by atoms with E-state index in [1.54, 1.807) is 6.20 Å². The molecule has 0 amide bonds. The molecule has 0 saturated heterocycles. The summed E-state index contributed by atoms with van der Waals surface area (Å²) in [5, 5.41) is 10.2. The molecule has 0 atom stereocenters. The highest BCUT2D eigenvalue weighted by Crippen LogP contribution is 2.28. The normalized spacial score (nSPS) is 10.3. The van der Waals surface area contributed by atoms with E-state index in [1.165, 1.54) is 0 Å². The summed E-state index contributed by atoms with van der Waals surface area (Å²) < 4.78 is 0. The lowest BCUT2D eigenvalue weighted by Crippen LogP contribution is -2.30. The third-order valence-electron chi connectivity index (χ3n) is 2.96. The van der Waals surface area contributed by atoms with Crippen molar-refractivity contribution in [2.24, 2.45) is 5.73 Å². The minimum atomic E-state index is 0.565. The monoisotopic (exact) mass is 240 g/mol. The highest BCUT2D eigenvalue weighted by molar-refractivity contribution is 5.94. The zero-order valence-corrected chi connectivity index (χ0v) is 10.4. The molecule has 0 fully saturated rings. The molecule has 18 heavy (non-hydrogen) atoms. The van der Waals surface area contributed by atoms with E-state index >= 15 is 0 Å². The van der Waals surface area contributed by atoms with Gasteiger partial charge in [0.05, 0.1) is 16.8 Å². The van der Waals surface area contributed by atoms with Crippen LogP contribution in [0, 0.1) is 11.3 Å². The molecule has 92 valence electrons. The third kappa shape index (κ3) is 2.13. The largest absolute Gasteiger partial charge is 0.369 e. The van der Waals surface area contributed by atoms with Crippen molar-refractivity contribution in [2.45, 2.75) is 6.92 Å². The van der Waals surface area contributed by atoms with Crippen LogP contribution in [-0.2, 0) is 0 Å². The van der Waals surface area contributed by atoms with E-state index in [2.05, 4.69) is 22.9 Å². The van der Waals surface area contributed by atoms with Crippen LogP contribution in [0.3, 0.4) is 0 Å². The summed E-state index contributed by atoms with van der Waals surface area (Å²) in [6.07, 6.45) is 1.64. The maximum atomic E-state index is 9.24. The van der Waals surface area contributed by atoms with Gasteiger partial charge in [0.1, 0.15) is 6.07 Å². The predicted octanol–water partition coefficient (Wildman–Crippen LogP) is 1.89. The first kappa shape index (κ1) is 12.3. The highest BCUT2D eigenvalue weighted by atomic mass is 15.1. The van der Waals surface area contributed by atoms with Crippen molar-refractivity contribution >= 4 is 16.6 Å². The van der Waals surface area contributed by atoms with Crippen molar-refractivity contribution in [3.63, 3.8) is 0 Å². The Morgan fingerprint density at radius 1 is 1.39 bits per heavy atom. The van der Waals surface area contributed by atoms with Crippen molar-refractivity contribution < 1.29 is 0 Å². The van der Waals surface area contributed by atoms with Crippen LogP contribution in [0.2, 0.25) is 0 Å². The molecule has 0 saturated carbocycles. The van der Waals surface area contributed by atoms with Crippen molar-refractivity contribution in [3.8, 4) is 6.07 Å². The number of hydrogen-bond donors (Lipinski definition) is 1. The maximum absolute atomic E-state index is 9.24. The average Bonchev–Trinajstić information content (AvgIpc) is 2.43. The lowest BCUT2D eigenvalue weighted by molar-refractivity contribution is 0.818. The Morgan fingerprint density at radius 3 is 2.83 bits per heavy atom. The molecule has 0 aliphatic carbocycles. The fourth-order valence-electron chi connectivity index (χ4n) is 2.13. The Morgan fingerprint density at radius 2 is 2.17 bits per heavy atom. The summed E-state index contributed by atoms with van der Waals surface area (Å²) in [7, 11) is 0. The van der Waals surface area contributed by atoms with Gasteiger partial charge in [-0.3, -0.25) is 4.98 Å². The van der Waals surface area contributed by atoms with Crippen LogP contribution in [0.4, 0.5) is 5.69 Å². The summed E-state index contributed by atoms with van der Waals surface area (Å²) in [4.78, 5) is 6.44. The molecule has 4 nitrogen and oxygen atoms in total. The van der Waals surface area contributed by atoms with Crippen LogP contribution in [0.5, 0.6) is 0 Å². The second kappa shape index (κ2) is 5.48. The van der Waals surface area contributed by atoms with Crippen LogP contribution in [-0.4, -0.2) is 24.6 Å². The van der Waals surface area contributed by atoms with Gasteiger partial charge in [-0.1, -0.05) is 18.2 Å². The van der Waals surface area contributed by atoms with E-state index < -0.39 is 0 Å². The molecule has 4 heteroatoms. The first-order valence-electron chi connectivity index (χ1n) is 6.04. The topological polar surface area (TPSA) is 65.9 Å². The Hall–Kier alpha value is -2.12. The van der Waals surface area contributed by atoms with Gasteiger partial charge in [-0.2, -0.15) is 5.26 Å². The van der Waals surface area contributed by atoms with E-state index in [0.29, 0.717) is 12.1 Å². The van der Waals surface area contributed by atoms with Gasteiger partial charge in [0.2, 0.25) is 0 Å². The number of nitrogens with zero attached hydrogens (tertiary/aromatic N) is 3. The Labute approximate surface area is 107 Å². The Bertz CT molecular complexity index is 586. The highest BCUT2D eigenvalue weighted by Gasteiger charge is 2.13. The zero-order chi connectivity index (χ0) is 13.0. The summed E-state index contributed by atoms with van der Waals surface area (Å²) in [6.45, 7) is 4.18. The van der Waals surface area contributed by atoms with Crippen LogP contribution in [0.1, 0.15) is 12.5 Å².